The van der Waals surface area contributed by atoms with Gasteiger partial charge in [-0.25, -0.2) is 0 Å². The molecule has 0 aromatic rings. The molecule has 18 atom stereocenters. The number of ether oxygens (including phenoxy) is 6. The van der Waals surface area contributed by atoms with Crippen molar-refractivity contribution in [3.8, 4) is 0 Å². The van der Waals surface area contributed by atoms with Gasteiger partial charge in [-0.1, -0.05) is 20.8 Å². The van der Waals surface area contributed by atoms with E-state index in [9.17, 15) is 30.3 Å². The predicted octanol–water partition coefficient (Wildman–Crippen LogP) is 1.56. The van der Waals surface area contributed by atoms with Crippen molar-refractivity contribution in [3.05, 3.63) is 0 Å². The van der Waals surface area contributed by atoms with Gasteiger partial charge >= 0.3 is 5.97 Å². The maximum atomic E-state index is 14.2. The molecule has 14 heteroatoms. The molecule has 0 bridgehead atoms. The minimum Gasteiger partial charge on any atom is -0.459 e. The summed E-state index contributed by atoms with van der Waals surface area (Å²) in [5.74, 6) is -2.59. The average molecular weight is 735 g/mol. The third-order valence-corrected chi connectivity index (χ3v) is 11.9. The second-order valence-corrected chi connectivity index (χ2v) is 16.5. The van der Waals surface area contributed by atoms with E-state index in [1.54, 1.807) is 48.6 Å². The predicted molar refractivity (Wildman–Crippen MR) is 190 cm³/mol. The molecule has 0 radical (unpaired) electrons. The highest BCUT2D eigenvalue weighted by Gasteiger charge is 2.52. The van der Waals surface area contributed by atoms with Gasteiger partial charge < -0.3 is 64.2 Å². The maximum Gasteiger partial charge on any atom is 0.311 e. The number of carbonyl (C=O) groups excluding carboxylic acids is 1. The van der Waals surface area contributed by atoms with E-state index >= 15 is 0 Å². The highest BCUT2D eigenvalue weighted by Crippen LogP contribution is 2.40. The zero-order valence-corrected chi connectivity index (χ0v) is 33.2. The largest absolute Gasteiger partial charge is 0.459 e. The van der Waals surface area contributed by atoms with Crippen LogP contribution in [0.5, 0.6) is 0 Å². The standard InChI is InChI=1S/C37H70N2O12/c1-14-26-37(10,45)30(41)23(6)39(12)18-19(2)16-35(8,44)32(51-34-28(40)25(38-11)15-20(3)47-34)21(4)29(22(5)33(43)49-26)50-27-17-36(9,46-13)31(42)24(7)48-27/h19-32,34,38,40-42,44-45H,14-18H2,1-13H3/t19-,20-,21+,22-,23-,24+,25+,26-,27-,28-,29+,30-,31+,32-,34+,35-,36-,37-/m1/s1. The number of aliphatic hydroxyl groups excluding tert-OH is 3. The van der Waals surface area contributed by atoms with Gasteiger partial charge in [0.15, 0.2) is 12.6 Å². The molecule has 0 aromatic heterocycles. The molecule has 3 heterocycles. The zero-order chi connectivity index (χ0) is 38.8. The summed E-state index contributed by atoms with van der Waals surface area (Å²) in [5, 5.41) is 61.0. The van der Waals surface area contributed by atoms with Crippen molar-refractivity contribution in [3.63, 3.8) is 0 Å². The lowest BCUT2D eigenvalue weighted by molar-refractivity contribution is -0.316. The van der Waals surface area contributed by atoms with Gasteiger partial charge in [-0.05, 0) is 87.7 Å². The van der Waals surface area contributed by atoms with Gasteiger partial charge in [-0.2, -0.15) is 0 Å². The summed E-state index contributed by atoms with van der Waals surface area (Å²) in [6, 6.07) is -0.858. The van der Waals surface area contributed by atoms with Crippen LogP contribution in [0.3, 0.4) is 0 Å². The molecule has 0 unspecified atom stereocenters. The average Bonchev–Trinajstić information content (AvgIpc) is 3.05. The van der Waals surface area contributed by atoms with Crippen LogP contribution in [0.1, 0.15) is 94.9 Å². The summed E-state index contributed by atoms with van der Waals surface area (Å²) in [4.78, 5) is 16.1. The second kappa shape index (κ2) is 17.6. The number of esters is 1. The lowest BCUT2D eigenvalue weighted by Gasteiger charge is -2.48. The Hall–Kier alpha value is -1.01. The van der Waals surface area contributed by atoms with Crippen molar-refractivity contribution < 1.29 is 58.7 Å². The first-order valence-corrected chi connectivity index (χ1v) is 18.8. The number of rotatable bonds is 7. The van der Waals surface area contributed by atoms with E-state index in [1.807, 2.05) is 32.7 Å². The van der Waals surface area contributed by atoms with Gasteiger partial charge in [-0.3, -0.25) is 4.79 Å². The monoisotopic (exact) mass is 734 g/mol. The minimum atomic E-state index is -1.80. The summed E-state index contributed by atoms with van der Waals surface area (Å²) < 4.78 is 37.3. The van der Waals surface area contributed by atoms with Crippen LogP contribution >= 0.6 is 0 Å². The molecule has 3 fully saturated rings. The lowest BCUT2D eigenvalue weighted by Crippen LogP contribution is -2.60. The van der Waals surface area contributed by atoms with Crippen LogP contribution < -0.4 is 5.32 Å². The number of aliphatic hydroxyl groups is 5. The fraction of sp³-hybridized carbons (Fsp3) is 0.973. The molecule has 51 heavy (non-hydrogen) atoms. The quantitative estimate of drug-likeness (QED) is 0.207. The van der Waals surface area contributed by atoms with Crippen LogP contribution in [0.2, 0.25) is 0 Å². The van der Waals surface area contributed by atoms with E-state index < -0.39 is 96.0 Å². The Bertz CT molecular complexity index is 1110. The molecule has 3 saturated heterocycles. The molecule has 3 rings (SSSR count). The Balaban J connectivity index is 2.16. The summed E-state index contributed by atoms with van der Waals surface area (Å²) in [6.07, 6.45) is -8.24. The molecule has 6 N–H and O–H groups in total. The van der Waals surface area contributed by atoms with E-state index in [0.29, 0.717) is 13.0 Å². The van der Waals surface area contributed by atoms with Gasteiger partial charge in [0.05, 0.1) is 41.5 Å². The van der Waals surface area contributed by atoms with Crippen LogP contribution in [-0.4, -0.2) is 154 Å². The van der Waals surface area contributed by atoms with Crippen LogP contribution in [0.4, 0.5) is 0 Å². The Morgan fingerprint density at radius 2 is 1.59 bits per heavy atom. The van der Waals surface area contributed by atoms with E-state index in [4.69, 9.17) is 28.4 Å². The Morgan fingerprint density at radius 3 is 2.16 bits per heavy atom. The molecule has 0 spiro atoms. The highest BCUT2D eigenvalue weighted by molar-refractivity contribution is 5.73. The summed E-state index contributed by atoms with van der Waals surface area (Å²) in [7, 11) is 5.10. The Morgan fingerprint density at radius 1 is 0.961 bits per heavy atom. The van der Waals surface area contributed by atoms with Gasteiger partial charge in [0.2, 0.25) is 0 Å². The third kappa shape index (κ3) is 10.0. The van der Waals surface area contributed by atoms with E-state index in [0.717, 1.165) is 0 Å². The van der Waals surface area contributed by atoms with Crippen molar-refractivity contribution in [1.82, 2.24) is 10.2 Å². The van der Waals surface area contributed by atoms with Crippen LogP contribution in [0.25, 0.3) is 0 Å². The molecule has 0 aliphatic carbocycles. The van der Waals surface area contributed by atoms with Crippen molar-refractivity contribution in [2.45, 2.75) is 185 Å². The van der Waals surface area contributed by atoms with Crippen LogP contribution in [0.15, 0.2) is 0 Å². The fourth-order valence-corrected chi connectivity index (χ4v) is 8.53. The van der Waals surface area contributed by atoms with Crippen molar-refractivity contribution >= 4 is 5.97 Å². The second-order valence-electron chi connectivity index (χ2n) is 16.5. The van der Waals surface area contributed by atoms with Gasteiger partial charge in [0.1, 0.15) is 30.0 Å². The Labute approximate surface area is 305 Å². The number of carbonyl (C=O) groups is 1. The molecule has 14 nitrogen and oxygen atoms in total. The fourth-order valence-electron chi connectivity index (χ4n) is 8.53. The zero-order valence-electron chi connectivity index (χ0n) is 33.2. The minimum absolute atomic E-state index is 0.132. The highest BCUT2D eigenvalue weighted by atomic mass is 16.7. The summed E-state index contributed by atoms with van der Waals surface area (Å²) in [6.45, 7) is 18.0. The molecule has 0 saturated carbocycles. The molecular formula is C37H70N2O12. The van der Waals surface area contributed by atoms with Gasteiger partial charge in [-0.15, -0.1) is 0 Å². The normalized spacial score (nSPS) is 50.2. The first-order chi connectivity index (χ1) is 23.5. The smallest absolute Gasteiger partial charge is 0.311 e. The first-order valence-electron chi connectivity index (χ1n) is 18.8. The van der Waals surface area contributed by atoms with Crippen molar-refractivity contribution in [1.29, 1.82) is 0 Å². The SMILES string of the molecule is CC[C@H]1OC(=O)[C@H](C)[C@@H](O[C@@H]2C[C@@](C)(OC)[C@@H](O)[C@H](C)O2)[C@H](C)[C@@H](O[C@@H]2O[C@H](C)C[C@H](NC)[C@H]2O)[C@](C)(O)C[C@@H](C)CN(C)[C@H](C)[C@@H](O)[C@]1(C)O. The molecule has 3 aliphatic heterocycles. The van der Waals surface area contributed by atoms with Gasteiger partial charge in [0, 0.05) is 38.1 Å². The number of methoxy groups -OCH3 is 1. The van der Waals surface area contributed by atoms with Crippen LogP contribution in [-0.2, 0) is 33.2 Å². The molecule has 0 amide bonds. The van der Waals surface area contributed by atoms with E-state index in [1.165, 1.54) is 14.0 Å². The number of cyclic esters (lactones) is 1. The van der Waals surface area contributed by atoms with E-state index in [-0.39, 0.29) is 37.3 Å². The number of nitrogens with zero attached hydrogens (tertiary/aromatic N) is 1. The topological polar surface area (TPSA) is 189 Å². The lowest BCUT2D eigenvalue weighted by atomic mass is 9.77. The van der Waals surface area contributed by atoms with Gasteiger partial charge in [0.25, 0.3) is 0 Å². The number of hydrogen-bond acceptors (Lipinski definition) is 14. The van der Waals surface area contributed by atoms with Crippen LogP contribution in [0, 0.1) is 17.8 Å². The molecule has 300 valence electrons. The van der Waals surface area contributed by atoms with Crippen molar-refractivity contribution in [2.75, 3.05) is 27.7 Å². The van der Waals surface area contributed by atoms with Crippen molar-refractivity contribution in [2.24, 2.45) is 17.8 Å². The van der Waals surface area contributed by atoms with E-state index in [2.05, 4.69) is 5.32 Å². The molecule has 0 aromatic carbocycles. The maximum absolute atomic E-state index is 14.2. The third-order valence-electron chi connectivity index (χ3n) is 11.9. The summed E-state index contributed by atoms with van der Waals surface area (Å²) in [5.41, 5.74) is -4.37. The number of hydrogen-bond donors (Lipinski definition) is 6. The summed E-state index contributed by atoms with van der Waals surface area (Å²) >= 11 is 0. The molecular weight excluding hydrogens is 664 g/mol. The number of likely N-dealkylation sites (N-methyl/N-ethyl adjacent to an activating group) is 2. The Kier molecular flexibility index (Phi) is 15.3. The molecule has 3 aliphatic rings. The number of nitrogens with one attached hydrogen (secondary N) is 1. The first kappa shape index (κ1) is 44.4.